The maximum absolute atomic E-state index is 12.1. The first-order chi connectivity index (χ1) is 9.15. The van der Waals surface area contributed by atoms with E-state index >= 15 is 0 Å². The van der Waals surface area contributed by atoms with Gasteiger partial charge in [0.15, 0.2) is 0 Å². The van der Waals surface area contributed by atoms with Gasteiger partial charge in [0.1, 0.15) is 17.7 Å². The third-order valence-corrected chi connectivity index (χ3v) is 2.94. The van der Waals surface area contributed by atoms with Crippen LogP contribution < -0.4 is 5.32 Å². The van der Waals surface area contributed by atoms with Crippen molar-refractivity contribution in [1.82, 2.24) is 10.2 Å². The predicted molar refractivity (Wildman–Crippen MR) is 71.0 cm³/mol. The first-order valence-electron chi connectivity index (χ1n) is 6.53. The summed E-state index contributed by atoms with van der Waals surface area (Å²) in [5.41, 5.74) is -0.620. The van der Waals surface area contributed by atoms with E-state index in [0.29, 0.717) is 13.0 Å². The maximum atomic E-state index is 12.1. The molecule has 1 rings (SSSR count). The van der Waals surface area contributed by atoms with E-state index < -0.39 is 29.7 Å². The lowest BCUT2D eigenvalue weighted by molar-refractivity contribution is -0.150. The Bertz CT molecular complexity index is 402. The lowest BCUT2D eigenvalue weighted by atomic mass is 10.2. The van der Waals surface area contributed by atoms with Gasteiger partial charge in [0.2, 0.25) is 5.91 Å². The Morgan fingerprint density at radius 3 is 2.50 bits per heavy atom. The van der Waals surface area contributed by atoms with E-state index in [2.05, 4.69) is 10.1 Å². The van der Waals surface area contributed by atoms with Crippen molar-refractivity contribution in [2.75, 3.05) is 13.7 Å². The quantitative estimate of drug-likeness (QED) is 0.771. The molecule has 0 unspecified atom stereocenters. The number of hydrogen-bond acceptors (Lipinski definition) is 5. The molecular formula is C13H22N2O5. The van der Waals surface area contributed by atoms with E-state index in [4.69, 9.17) is 4.74 Å². The maximum Gasteiger partial charge on any atom is 0.408 e. The number of carbonyl (C=O) groups is 3. The van der Waals surface area contributed by atoms with Crippen LogP contribution in [0.2, 0.25) is 0 Å². The van der Waals surface area contributed by atoms with Crippen molar-refractivity contribution in [1.29, 1.82) is 0 Å². The van der Waals surface area contributed by atoms with Crippen LogP contribution in [0.3, 0.4) is 0 Å². The number of methoxy groups -OCH3 is 1. The van der Waals surface area contributed by atoms with Gasteiger partial charge in [-0.25, -0.2) is 9.59 Å². The zero-order valence-corrected chi connectivity index (χ0v) is 12.6. The molecule has 1 aliphatic rings. The molecule has 1 heterocycles. The molecule has 0 aromatic carbocycles. The summed E-state index contributed by atoms with van der Waals surface area (Å²) in [6.45, 7) is 7.23. The molecule has 2 amide bonds. The second kappa shape index (κ2) is 6.11. The smallest absolute Gasteiger partial charge is 0.408 e. The zero-order chi connectivity index (χ0) is 15.5. The molecule has 0 aromatic heterocycles. The van der Waals surface area contributed by atoms with Crippen LogP contribution in [0.5, 0.6) is 0 Å². The largest absolute Gasteiger partial charge is 0.467 e. The van der Waals surface area contributed by atoms with Crippen molar-refractivity contribution in [2.24, 2.45) is 0 Å². The fourth-order valence-electron chi connectivity index (χ4n) is 1.97. The highest BCUT2D eigenvalue weighted by Crippen LogP contribution is 2.16. The summed E-state index contributed by atoms with van der Waals surface area (Å²) < 4.78 is 9.71. The molecule has 7 nitrogen and oxygen atoms in total. The number of hydrogen-bond donors (Lipinski definition) is 1. The molecule has 2 atom stereocenters. The molecule has 1 aliphatic heterocycles. The molecule has 1 N–H and O–H groups in total. The molecule has 0 saturated carbocycles. The minimum absolute atomic E-state index is 0.297. The molecular weight excluding hydrogens is 264 g/mol. The third-order valence-electron chi connectivity index (χ3n) is 2.94. The Morgan fingerprint density at radius 2 is 2.00 bits per heavy atom. The first-order valence-corrected chi connectivity index (χ1v) is 6.53. The highest BCUT2D eigenvalue weighted by molar-refractivity contribution is 5.91. The second-order valence-corrected chi connectivity index (χ2v) is 5.72. The lowest BCUT2D eigenvalue weighted by Crippen LogP contribution is -2.47. The molecule has 0 aromatic rings. The van der Waals surface area contributed by atoms with Crippen LogP contribution in [-0.2, 0) is 19.1 Å². The monoisotopic (exact) mass is 286 g/mol. The summed E-state index contributed by atoms with van der Waals surface area (Å²) in [4.78, 5) is 36.6. The van der Waals surface area contributed by atoms with Crippen molar-refractivity contribution in [3.8, 4) is 0 Å². The van der Waals surface area contributed by atoms with Crippen molar-refractivity contribution >= 4 is 18.0 Å². The van der Waals surface area contributed by atoms with Crippen LogP contribution in [-0.4, -0.2) is 54.2 Å². The second-order valence-electron chi connectivity index (χ2n) is 5.72. The summed E-state index contributed by atoms with van der Waals surface area (Å²) >= 11 is 0. The number of amides is 2. The Morgan fingerprint density at radius 1 is 1.40 bits per heavy atom. The normalized spacial score (nSPS) is 20.6. The third kappa shape index (κ3) is 4.11. The Balaban J connectivity index is 2.58. The van der Waals surface area contributed by atoms with E-state index in [9.17, 15) is 14.4 Å². The minimum atomic E-state index is -0.656. The van der Waals surface area contributed by atoms with E-state index in [1.807, 2.05) is 0 Å². The fourth-order valence-corrected chi connectivity index (χ4v) is 1.97. The number of esters is 1. The van der Waals surface area contributed by atoms with E-state index in [1.165, 1.54) is 12.0 Å². The number of likely N-dealkylation sites (tertiary alicyclic amines) is 1. The molecule has 1 saturated heterocycles. The summed E-state index contributed by atoms with van der Waals surface area (Å²) in [6, 6.07) is -1.31. The van der Waals surface area contributed by atoms with Gasteiger partial charge < -0.3 is 19.7 Å². The van der Waals surface area contributed by atoms with Gasteiger partial charge in [-0.05, 0) is 34.1 Å². The molecule has 7 heteroatoms. The van der Waals surface area contributed by atoms with Crippen LogP contribution >= 0.6 is 0 Å². The number of rotatable bonds is 3. The van der Waals surface area contributed by atoms with Gasteiger partial charge in [0, 0.05) is 6.54 Å². The lowest BCUT2D eigenvalue weighted by Gasteiger charge is -2.23. The molecule has 1 fully saturated rings. The molecule has 114 valence electrons. The van der Waals surface area contributed by atoms with Gasteiger partial charge in [-0.1, -0.05) is 0 Å². The molecule has 0 aliphatic carbocycles. The molecule has 20 heavy (non-hydrogen) atoms. The topological polar surface area (TPSA) is 84.9 Å². The van der Waals surface area contributed by atoms with Crippen LogP contribution in [0.15, 0.2) is 0 Å². The zero-order valence-electron chi connectivity index (χ0n) is 12.6. The molecule has 0 spiro atoms. The number of alkyl carbamates (subject to hydrolysis) is 1. The van der Waals surface area contributed by atoms with Crippen molar-refractivity contribution < 1.29 is 23.9 Å². The van der Waals surface area contributed by atoms with Crippen LogP contribution in [0.1, 0.15) is 34.1 Å². The Labute approximate surface area is 118 Å². The fraction of sp³-hybridized carbons (Fsp3) is 0.769. The average molecular weight is 286 g/mol. The first kappa shape index (κ1) is 16.3. The highest BCUT2D eigenvalue weighted by Gasteiger charge is 2.38. The van der Waals surface area contributed by atoms with Crippen LogP contribution in [0.4, 0.5) is 4.79 Å². The van der Waals surface area contributed by atoms with E-state index in [0.717, 1.165) is 0 Å². The summed E-state index contributed by atoms with van der Waals surface area (Å²) in [6.07, 6.45) is -0.192. The van der Waals surface area contributed by atoms with Gasteiger partial charge in [-0.3, -0.25) is 4.79 Å². The summed E-state index contributed by atoms with van der Waals surface area (Å²) in [7, 11) is 1.27. The number of nitrogens with one attached hydrogen (secondary N) is 1. The van der Waals surface area contributed by atoms with E-state index in [1.54, 1.807) is 27.7 Å². The van der Waals surface area contributed by atoms with Gasteiger partial charge in [0.05, 0.1) is 7.11 Å². The SMILES string of the molecule is COC(=O)[C@H](C)N1CC[C@@H](NC(=O)OC(C)(C)C)C1=O. The predicted octanol–water partition coefficient (Wildman–Crippen LogP) is 0.673. The van der Waals surface area contributed by atoms with Crippen LogP contribution in [0.25, 0.3) is 0 Å². The van der Waals surface area contributed by atoms with Gasteiger partial charge in [-0.2, -0.15) is 0 Å². The number of ether oxygens (including phenoxy) is 2. The molecule has 0 radical (unpaired) electrons. The molecule has 0 bridgehead atoms. The highest BCUT2D eigenvalue weighted by atomic mass is 16.6. The van der Waals surface area contributed by atoms with Gasteiger partial charge in [0.25, 0.3) is 0 Å². The summed E-state index contributed by atoms with van der Waals surface area (Å²) in [5, 5.41) is 2.52. The number of carbonyl (C=O) groups excluding carboxylic acids is 3. The minimum Gasteiger partial charge on any atom is -0.467 e. The van der Waals surface area contributed by atoms with E-state index in [-0.39, 0.29) is 5.91 Å². The number of nitrogens with zero attached hydrogens (tertiary/aromatic N) is 1. The summed E-state index contributed by atoms with van der Waals surface area (Å²) in [5.74, 6) is -0.773. The standard InChI is InChI=1S/C13H22N2O5/c1-8(11(17)19-5)15-7-6-9(10(15)16)14-12(18)20-13(2,3)4/h8-9H,6-7H2,1-5H3,(H,14,18)/t8-,9+/m0/s1. The Kier molecular flexibility index (Phi) is 4.97. The van der Waals surface area contributed by atoms with Gasteiger partial charge >= 0.3 is 12.1 Å². The van der Waals surface area contributed by atoms with Gasteiger partial charge in [-0.15, -0.1) is 0 Å². The van der Waals surface area contributed by atoms with Crippen LogP contribution in [0, 0.1) is 0 Å². The van der Waals surface area contributed by atoms with Crippen molar-refractivity contribution in [3.05, 3.63) is 0 Å². The van der Waals surface area contributed by atoms with Crippen molar-refractivity contribution in [2.45, 2.75) is 51.8 Å². The Hall–Kier alpha value is -1.79. The van der Waals surface area contributed by atoms with Crippen molar-refractivity contribution in [3.63, 3.8) is 0 Å². The average Bonchev–Trinajstić information content (AvgIpc) is 2.66.